The Morgan fingerprint density at radius 2 is 1.21 bits per heavy atom. The minimum absolute atomic E-state index is 0.536. The Morgan fingerprint density at radius 3 is 1.62 bits per heavy atom. The zero-order chi connectivity index (χ0) is 18.8. The first-order valence-corrected chi connectivity index (χ1v) is 12.7. The molecular weight excluding hydrogens is 359 g/mol. The Labute approximate surface area is 157 Å². The maximum Gasteiger partial charge on any atom is 0.239 e. The van der Waals surface area contributed by atoms with Crippen LogP contribution in [0.1, 0.15) is 75.6 Å². The maximum atomic E-state index is 10.3. The molecule has 1 rings (SSSR count). The third kappa shape index (κ3) is 9.43. The normalized spacial score (nSPS) is 11.1. The molecule has 6 heteroatoms. The Hall–Kier alpha value is -0.0600. The molecule has 0 spiro atoms. The van der Waals surface area contributed by atoms with Crippen LogP contribution in [-0.2, 0) is 37.5 Å². The van der Waals surface area contributed by atoms with Crippen LogP contribution in [0.25, 0.3) is 0 Å². The number of aromatic hydroxyl groups is 1. The summed E-state index contributed by atoms with van der Waals surface area (Å²) in [5, 5.41) is 10.3. The van der Waals surface area contributed by atoms with Gasteiger partial charge in [0.1, 0.15) is 5.75 Å². The molecule has 1 aromatic carbocycles. The zero-order valence-corrected chi connectivity index (χ0v) is 18.0. The van der Waals surface area contributed by atoms with Gasteiger partial charge in [0.2, 0.25) is 5.69 Å². The SMILES string of the molecule is CCCc1cc(O)c(CCC)c(CCC)c1CCC.OP(O)(=S)S. The Bertz CT molecular complexity index is 533. The second kappa shape index (κ2) is 12.3. The van der Waals surface area contributed by atoms with Crippen LogP contribution in [0, 0.1) is 0 Å². The molecule has 0 aliphatic heterocycles. The number of benzene rings is 1. The summed E-state index contributed by atoms with van der Waals surface area (Å²) in [4.78, 5) is 15.7. The number of rotatable bonds is 8. The third-order valence-electron chi connectivity index (χ3n) is 3.76. The van der Waals surface area contributed by atoms with E-state index in [9.17, 15) is 5.11 Å². The smallest absolute Gasteiger partial charge is 0.239 e. The molecule has 0 saturated heterocycles. The lowest BCUT2D eigenvalue weighted by Gasteiger charge is -2.20. The Morgan fingerprint density at radius 1 is 0.833 bits per heavy atom. The molecule has 1 aromatic rings. The van der Waals surface area contributed by atoms with Crippen molar-refractivity contribution < 1.29 is 14.9 Å². The lowest BCUT2D eigenvalue weighted by atomic mass is 9.86. The molecule has 3 nitrogen and oxygen atoms in total. The van der Waals surface area contributed by atoms with E-state index in [4.69, 9.17) is 9.79 Å². The number of phenolic OH excluding ortho intramolecular Hbond substituents is 1. The van der Waals surface area contributed by atoms with Gasteiger partial charge in [-0.3, -0.25) is 0 Å². The standard InChI is InChI=1S/C18H30O.H3O2PS2/c1-5-9-14-13-18(19)17(12-8-4)16(11-7-3)15(14)10-6-2;1-3(2,4)5/h13,19H,5-12H2,1-4H3;(H3,1,2,4,5). The average Bonchev–Trinajstić information content (AvgIpc) is 2.45. The number of phenols is 1. The molecule has 0 heterocycles. The molecule has 0 aliphatic rings. The highest BCUT2D eigenvalue weighted by Crippen LogP contribution is 2.39. The van der Waals surface area contributed by atoms with E-state index in [1.807, 2.05) is 6.07 Å². The molecule has 0 amide bonds. The molecule has 0 saturated carbocycles. The Balaban J connectivity index is 0.000000922. The second-order valence-electron chi connectivity index (χ2n) is 6.00. The van der Waals surface area contributed by atoms with Gasteiger partial charge in [0.25, 0.3) is 0 Å². The van der Waals surface area contributed by atoms with Gasteiger partial charge in [0.15, 0.2) is 0 Å². The first-order valence-electron chi connectivity index (χ1n) is 8.83. The van der Waals surface area contributed by atoms with E-state index < -0.39 is 5.69 Å². The fourth-order valence-corrected chi connectivity index (χ4v) is 3.00. The monoisotopic (exact) mass is 392 g/mol. The molecule has 0 aliphatic carbocycles. The van der Waals surface area contributed by atoms with Gasteiger partial charge in [-0.05, 0) is 65.8 Å². The lowest BCUT2D eigenvalue weighted by Crippen LogP contribution is -2.06. The van der Waals surface area contributed by atoms with Crippen molar-refractivity contribution in [1.82, 2.24) is 0 Å². The first-order chi connectivity index (χ1) is 11.2. The third-order valence-corrected chi connectivity index (χ3v) is 3.76. The van der Waals surface area contributed by atoms with Crippen molar-refractivity contribution in [2.75, 3.05) is 0 Å². The number of hydrogen-bond acceptors (Lipinski definition) is 2. The van der Waals surface area contributed by atoms with Crippen LogP contribution in [0.5, 0.6) is 5.75 Å². The minimum atomic E-state index is -3.11. The molecule has 0 unspecified atom stereocenters. The topological polar surface area (TPSA) is 60.7 Å². The van der Waals surface area contributed by atoms with Crippen molar-refractivity contribution in [2.24, 2.45) is 0 Å². The van der Waals surface area contributed by atoms with Crippen molar-refractivity contribution in [3.8, 4) is 5.75 Å². The summed E-state index contributed by atoms with van der Waals surface area (Å²) in [7, 11) is 0. The fraction of sp³-hybridized carbons (Fsp3) is 0.667. The van der Waals surface area contributed by atoms with Crippen molar-refractivity contribution in [2.45, 2.75) is 79.1 Å². The van der Waals surface area contributed by atoms with Gasteiger partial charge >= 0.3 is 0 Å². The molecule has 0 atom stereocenters. The summed E-state index contributed by atoms with van der Waals surface area (Å²) in [6, 6.07) is 2.04. The van der Waals surface area contributed by atoms with E-state index >= 15 is 0 Å². The molecule has 3 N–H and O–H groups in total. The van der Waals surface area contributed by atoms with E-state index in [2.05, 4.69) is 51.8 Å². The first kappa shape index (κ1) is 23.9. The lowest BCUT2D eigenvalue weighted by molar-refractivity contribution is 0.464. The van der Waals surface area contributed by atoms with Gasteiger partial charge in [0.05, 0.1) is 0 Å². The second-order valence-corrected chi connectivity index (χ2v) is 11.0. The number of hydrogen-bond donors (Lipinski definition) is 4. The highest BCUT2D eigenvalue weighted by atomic mass is 32.9. The van der Waals surface area contributed by atoms with E-state index in [1.54, 1.807) is 0 Å². The fourth-order valence-electron chi connectivity index (χ4n) is 3.00. The van der Waals surface area contributed by atoms with E-state index in [-0.39, 0.29) is 0 Å². The summed E-state index contributed by atoms with van der Waals surface area (Å²) < 4.78 is 0. The highest BCUT2D eigenvalue weighted by molar-refractivity contribution is 8.59. The molecule has 24 heavy (non-hydrogen) atoms. The van der Waals surface area contributed by atoms with E-state index in [1.165, 1.54) is 28.7 Å². The molecular formula is C18H33O3PS2. The van der Waals surface area contributed by atoms with Crippen LogP contribution in [0.3, 0.4) is 0 Å². The van der Waals surface area contributed by atoms with Crippen molar-refractivity contribution in [3.05, 3.63) is 28.3 Å². The van der Waals surface area contributed by atoms with Crippen LogP contribution in [0.15, 0.2) is 6.07 Å². The van der Waals surface area contributed by atoms with Crippen LogP contribution in [0.2, 0.25) is 0 Å². The molecule has 0 aromatic heterocycles. The van der Waals surface area contributed by atoms with Gasteiger partial charge in [-0.15, -0.1) is 0 Å². The van der Waals surface area contributed by atoms with E-state index in [0.29, 0.717) is 5.75 Å². The van der Waals surface area contributed by atoms with Crippen molar-refractivity contribution in [3.63, 3.8) is 0 Å². The van der Waals surface area contributed by atoms with E-state index in [0.717, 1.165) is 44.9 Å². The van der Waals surface area contributed by atoms with Gasteiger partial charge < -0.3 is 14.9 Å². The van der Waals surface area contributed by atoms with Crippen LogP contribution in [0.4, 0.5) is 0 Å². The summed E-state index contributed by atoms with van der Waals surface area (Å²) >= 11 is 7.07. The maximum absolute atomic E-state index is 10.3. The van der Waals surface area contributed by atoms with Gasteiger partial charge in [0, 0.05) is 0 Å². The molecule has 140 valence electrons. The predicted octanol–water partition coefficient (Wildman–Crippen LogP) is 5.33. The zero-order valence-electron chi connectivity index (χ0n) is 15.4. The predicted molar refractivity (Wildman–Crippen MR) is 112 cm³/mol. The number of thiol groups is 1. The quantitative estimate of drug-likeness (QED) is 0.357. The van der Waals surface area contributed by atoms with Gasteiger partial charge in [-0.1, -0.05) is 65.6 Å². The summed E-state index contributed by atoms with van der Waals surface area (Å²) in [5.74, 6) is 0.536. The van der Waals surface area contributed by atoms with Crippen molar-refractivity contribution in [1.29, 1.82) is 0 Å². The minimum Gasteiger partial charge on any atom is -0.508 e. The molecule has 0 bridgehead atoms. The van der Waals surface area contributed by atoms with Crippen LogP contribution in [-0.4, -0.2) is 14.9 Å². The van der Waals surface area contributed by atoms with Crippen molar-refractivity contribution >= 4 is 29.7 Å². The highest BCUT2D eigenvalue weighted by Gasteiger charge is 2.15. The summed E-state index contributed by atoms with van der Waals surface area (Å²) in [5.41, 5.74) is 2.47. The van der Waals surface area contributed by atoms with Gasteiger partial charge in [-0.2, -0.15) is 0 Å². The average molecular weight is 393 g/mol. The summed E-state index contributed by atoms with van der Waals surface area (Å²) in [6.07, 6.45) is 8.94. The molecule has 0 fully saturated rings. The number of aryl methyl sites for hydroxylation is 1. The molecule has 0 radical (unpaired) electrons. The largest absolute Gasteiger partial charge is 0.508 e. The Kier molecular flexibility index (Phi) is 12.3. The summed E-state index contributed by atoms with van der Waals surface area (Å²) in [6.45, 7) is 8.88. The van der Waals surface area contributed by atoms with Crippen LogP contribution < -0.4 is 0 Å². The van der Waals surface area contributed by atoms with Crippen LogP contribution >= 0.6 is 17.9 Å². The van der Waals surface area contributed by atoms with Gasteiger partial charge in [-0.25, -0.2) is 0 Å².